The van der Waals surface area contributed by atoms with Crippen LogP contribution in [0.3, 0.4) is 0 Å². The van der Waals surface area contributed by atoms with E-state index in [1.807, 2.05) is 0 Å². The van der Waals surface area contributed by atoms with Crippen molar-refractivity contribution < 1.29 is 23.4 Å². The number of carbonyl (C=O) groups is 1. The SMILES string of the molecule is CC(C)(C)OC(=O)N1CCc2nn3c(c2C1)C(F)(F)CCC(O)C3. The predicted octanol–water partition coefficient (Wildman–Crippen LogP) is 2.42. The van der Waals surface area contributed by atoms with Crippen molar-refractivity contribution in [3.63, 3.8) is 0 Å². The number of halogens is 2. The van der Waals surface area contributed by atoms with Crippen molar-refractivity contribution in [2.45, 2.75) is 70.8 Å². The van der Waals surface area contributed by atoms with Crippen LogP contribution in [0.15, 0.2) is 0 Å². The highest BCUT2D eigenvalue weighted by Gasteiger charge is 2.43. The second-order valence-electron chi connectivity index (χ2n) is 7.50. The number of carbonyl (C=O) groups excluding carboxylic acids is 1. The van der Waals surface area contributed by atoms with Gasteiger partial charge in [0.05, 0.1) is 24.9 Å². The number of fused-ring (bicyclic) bond motifs is 3. The lowest BCUT2D eigenvalue weighted by molar-refractivity contribution is -0.0255. The van der Waals surface area contributed by atoms with Gasteiger partial charge in [-0.05, 0) is 27.2 Å². The molecule has 2 aliphatic rings. The standard InChI is InChI=1S/C16H23F2N3O3/c1-15(2,3)24-14(23)20-7-5-12-11(9-20)13-16(17,18)6-4-10(22)8-21(13)19-12/h10,22H,4-9H2,1-3H3. The van der Waals surface area contributed by atoms with Crippen LogP contribution in [0.4, 0.5) is 13.6 Å². The van der Waals surface area contributed by atoms with Gasteiger partial charge in [0.2, 0.25) is 0 Å². The zero-order valence-electron chi connectivity index (χ0n) is 14.2. The first-order valence-electron chi connectivity index (χ1n) is 8.20. The van der Waals surface area contributed by atoms with Crippen molar-refractivity contribution in [3.8, 4) is 0 Å². The smallest absolute Gasteiger partial charge is 0.410 e. The highest BCUT2D eigenvalue weighted by Crippen LogP contribution is 2.40. The molecule has 3 rings (SSSR count). The molecule has 1 N–H and O–H groups in total. The third-order valence-electron chi connectivity index (χ3n) is 4.27. The Morgan fingerprint density at radius 2 is 2.12 bits per heavy atom. The highest BCUT2D eigenvalue weighted by atomic mass is 19.3. The quantitative estimate of drug-likeness (QED) is 0.786. The van der Waals surface area contributed by atoms with Gasteiger partial charge in [-0.2, -0.15) is 13.9 Å². The minimum atomic E-state index is -3.06. The van der Waals surface area contributed by atoms with E-state index in [1.165, 1.54) is 9.58 Å². The molecular formula is C16H23F2N3O3. The summed E-state index contributed by atoms with van der Waals surface area (Å²) in [5.41, 5.74) is 0.175. The lowest BCUT2D eigenvalue weighted by atomic mass is 10.00. The molecule has 1 unspecified atom stereocenters. The molecule has 2 aliphatic heterocycles. The second-order valence-corrected chi connectivity index (χ2v) is 7.50. The lowest BCUT2D eigenvalue weighted by Gasteiger charge is -2.30. The zero-order valence-corrected chi connectivity index (χ0v) is 14.2. The molecule has 0 radical (unpaired) electrons. The number of aliphatic hydroxyl groups excluding tert-OH is 1. The molecule has 0 saturated heterocycles. The fraction of sp³-hybridized carbons (Fsp3) is 0.750. The predicted molar refractivity (Wildman–Crippen MR) is 81.7 cm³/mol. The van der Waals surface area contributed by atoms with E-state index in [9.17, 15) is 18.7 Å². The fourth-order valence-corrected chi connectivity index (χ4v) is 3.21. The molecule has 1 aromatic heterocycles. The number of rotatable bonds is 0. The maximum absolute atomic E-state index is 14.5. The molecule has 0 aromatic carbocycles. The first-order valence-corrected chi connectivity index (χ1v) is 8.20. The summed E-state index contributed by atoms with van der Waals surface area (Å²) in [6, 6.07) is 0. The molecule has 6 nitrogen and oxygen atoms in total. The van der Waals surface area contributed by atoms with Crippen LogP contribution in [0.25, 0.3) is 0 Å². The van der Waals surface area contributed by atoms with Gasteiger partial charge < -0.3 is 14.7 Å². The van der Waals surface area contributed by atoms with Gasteiger partial charge in [0.25, 0.3) is 5.92 Å². The van der Waals surface area contributed by atoms with Crippen LogP contribution in [0.1, 0.15) is 50.6 Å². The van der Waals surface area contributed by atoms with Crippen molar-refractivity contribution in [2.75, 3.05) is 6.54 Å². The molecule has 1 aromatic rings. The van der Waals surface area contributed by atoms with E-state index in [0.717, 1.165) is 0 Å². The van der Waals surface area contributed by atoms with Crippen LogP contribution < -0.4 is 0 Å². The van der Waals surface area contributed by atoms with Crippen LogP contribution >= 0.6 is 0 Å². The largest absolute Gasteiger partial charge is 0.444 e. The van der Waals surface area contributed by atoms with Crippen LogP contribution in [0.2, 0.25) is 0 Å². The third kappa shape index (κ3) is 3.24. The molecule has 24 heavy (non-hydrogen) atoms. The summed E-state index contributed by atoms with van der Waals surface area (Å²) >= 11 is 0. The summed E-state index contributed by atoms with van der Waals surface area (Å²) in [6.45, 7) is 5.80. The van der Waals surface area contributed by atoms with E-state index in [4.69, 9.17) is 4.74 Å². The Balaban J connectivity index is 1.90. The fourth-order valence-electron chi connectivity index (χ4n) is 3.21. The summed E-state index contributed by atoms with van der Waals surface area (Å²) in [5.74, 6) is -3.06. The van der Waals surface area contributed by atoms with E-state index in [-0.39, 0.29) is 25.2 Å². The van der Waals surface area contributed by atoms with Crippen molar-refractivity contribution in [2.24, 2.45) is 0 Å². The normalized spacial score (nSPS) is 23.2. The average molecular weight is 343 g/mol. The van der Waals surface area contributed by atoms with Crippen LogP contribution in [-0.4, -0.2) is 44.1 Å². The van der Waals surface area contributed by atoms with Gasteiger partial charge in [0, 0.05) is 24.9 Å². The number of hydrogen-bond acceptors (Lipinski definition) is 4. The van der Waals surface area contributed by atoms with Gasteiger partial charge in [-0.1, -0.05) is 0 Å². The van der Waals surface area contributed by atoms with Gasteiger partial charge in [0.1, 0.15) is 11.3 Å². The Morgan fingerprint density at radius 1 is 1.42 bits per heavy atom. The van der Waals surface area contributed by atoms with Gasteiger partial charge in [-0.3, -0.25) is 4.68 Å². The Bertz CT molecular complexity index is 652. The number of aromatic nitrogens is 2. The molecule has 0 aliphatic carbocycles. The number of alkyl halides is 2. The summed E-state index contributed by atoms with van der Waals surface area (Å²) in [4.78, 5) is 13.7. The van der Waals surface area contributed by atoms with Crippen LogP contribution in [0.5, 0.6) is 0 Å². The first kappa shape index (κ1) is 17.1. The monoisotopic (exact) mass is 343 g/mol. The maximum Gasteiger partial charge on any atom is 0.410 e. The van der Waals surface area contributed by atoms with Crippen molar-refractivity contribution in [3.05, 3.63) is 17.0 Å². The molecule has 8 heteroatoms. The molecule has 1 amide bonds. The number of ether oxygens (including phenoxy) is 1. The topological polar surface area (TPSA) is 67.6 Å². The molecule has 0 bridgehead atoms. The summed E-state index contributed by atoms with van der Waals surface area (Å²) in [7, 11) is 0. The Hall–Kier alpha value is -1.70. The third-order valence-corrected chi connectivity index (χ3v) is 4.27. The van der Waals surface area contributed by atoms with Crippen molar-refractivity contribution >= 4 is 6.09 Å². The molecule has 0 spiro atoms. The average Bonchev–Trinajstić information content (AvgIpc) is 2.75. The minimum Gasteiger partial charge on any atom is -0.444 e. The number of hydrogen-bond donors (Lipinski definition) is 1. The van der Waals surface area contributed by atoms with Crippen molar-refractivity contribution in [1.29, 1.82) is 0 Å². The first-order chi connectivity index (χ1) is 11.1. The zero-order chi connectivity index (χ0) is 17.7. The number of nitrogens with zero attached hydrogens (tertiary/aromatic N) is 3. The van der Waals surface area contributed by atoms with Gasteiger partial charge >= 0.3 is 6.09 Å². The molecule has 134 valence electrons. The van der Waals surface area contributed by atoms with Gasteiger partial charge in [-0.25, -0.2) is 4.79 Å². The van der Waals surface area contributed by atoms with Crippen LogP contribution in [-0.2, 0) is 30.2 Å². The number of aliphatic hydroxyl groups is 1. The van der Waals surface area contributed by atoms with Gasteiger partial charge in [0.15, 0.2) is 0 Å². The number of amides is 1. The Labute approximate surface area is 139 Å². The summed E-state index contributed by atoms with van der Waals surface area (Å²) in [5, 5.41) is 14.1. The minimum absolute atomic E-state index is 0.0287. The second kappa shape index (κ2) is 5.68. The van der Waals surface area contributed by atoms with E-state index in [1.54, 1.807) is 20.8 Å². The molecule has 3 heterocycles. The molecule has 0 saturated carbocycles. The molecular weight excluding hydrogens is 320 g/mol. The lowest BCUT2D eigenvalue weighted by Crippen LogP contribution is -2.40. The Morgan fingerprint density at radius 3 is 2.79 bits per heavy atom. The van der Waals surface area contributed by atoms with E-state index in [2.05, 4.69) is 5.10 Å². The van der Waals surface area contributed by atoms with E-state index < -0.39 is 30.1 Å². The Kier molecular flexibility index (Phi) is 4.06. The van der Waals surface area contributed by atoms with E-state index in [0.29, 0.717) is 24.2 Å². The molecule has 0 fully saturated rings. The summed E-state index contributed by atoms with van der Waals surface area (Å²) in [6.07, 6.45) is -1.33. The summed E-state index contributed by atoms with van der Waals surface area (Å²) < 4.78 is 35.7. The highest BCUT2D eigenvalue weighted by molar-refractivity contribution is 5.68. The van der Waals surface area contributed by atoms with Crippen LogP contribution in [0, 0.1) is 0 Å². The van der Waals surface area contributed by atoms with E-state index >= 15 is 0 Å². The maximum atomic E-state index is 14.5. The molecule has 1 atom stereocenters. The van der Waals surface area contributed by atoms with Gasteiger partial charge in [-0.15, -0.1) is 0 Å². The van der Waals surface area contributed by atoms with Crippen molar-refractivity contribution in [1.82, 2.24) is 14.7 Å².